The minimum atomic E-state index is -0.0607. The Hall–Kier alpha value is -2.89. The van der Waals surface area contributed by atoms with Crippen molar-refractivity contribution in [1.82, 2.24) is 19.3 Å². The van der Waals surface area contributed by atoms with E-state index >= 15 is 0 Å². The van der Waals surface area contributed by atoms with Crippen LogP contribution < -0.4 is 5.32 Å². The molecule has 1 N–H and O–H groups in total. The monoisotopic (exact) mass is 309 g/mol. The van der Waals surface area contributed by atoms with Crippen LogP contribution in [0.1, 0.15) is 17.8 Å². The van der Waals surface area contributed by atoms with E-state index in [1.54, 1.807) is 10.9 Å². The third-order valence-corrected chi connectivity index (χ3v) is 3.67. The molecule has 118 valence electrons. The number of nitrogens with one attached hydrogen (secondary N) is 1. The quantitative estimate of drug-likeness (QED) is 0.787. The first-order valence-corrected chi connectivity index (χ1v) is 7.51. The molecule has 1 aromatic carbocycles. The number of aromatic nitrogens is 4. The van der Waals surface area contributed by atoms with Crippen LogP contribution in [0.3, 0.4) is 0 Å². The summed E-state index contributed by atoms with van der Waals surface area (Å²) < 4.78 is 3.69. The Morgan fingerprint density at radius 2 is 2.04 bits per heavy atom. The highest BCUT2D eigenvalue weighted by atomic mass is 16.1. The predicted octanol–water partition coefficient (Wildman–Crippen LogP) is 2.49. The summed E-state index contributed by atoms with van der Waals surface area (Å²) in [4.78, 5) is 16.3. The summed E-state index contributed by atoms with van der Waals surface area (Å²) in [5, 5.41) is 7.32. The minimum Gasteiger partial charge on any atom is -0.338 e. The van der Waals surface area contributed by atoms with Gasteiger partial charge in [0.2, 0.25) is 5.91 Å². The number of anilines is 1. The van der Waals surface area contributed by atoms with Gasteiger partial charge in [-0.25, -0.2) is 9.67 Å². The summed E-state index contributed by atoms with van der Waals surface area (Å²) in [5.41, 5.74) is 1.89. The van der Waals surface area contributed by atoms with E-state index in [-0.39, 0.29) is 5.91 Å². The van der Waals surface area contributed by atoms with E-state index in [9.17, 15) is 4.79 Å². The molecule has 0 aliphatic heterocycles. The van der Waals surface area contributed by atoms with Gasteiger partial charge in [0.25, 0.3) is 0 Å². The van der Waals surface area contributed by atoms with E-state index in [1.165, 1.54) is 0 Å². The maximum atomic E-state index is 12.1. The summed E-state index contributed by atoms with van der Waals surface area (Å²) in [6.45, 7) is 1.93. The predicted molar refractivity (Wildman–Crippen MR) is 88.5 cm³/mol. The number of aryl methyl sites for hydroxylation is 3. The highest BCUT2D eigenvalue weighted by molar-refractivity contribution is 5.90. The fourth-order valence-corrected chi connectivity index (χ4v) is 2.35. The second-order valence-electron chi connectivity index (χ2n) is 5.44. The molecule has 0 saturated heterocycles. The Kier molecular flexibility index (Phi) is 4.23. The fourth-order valence-electron chi connectivity index (χ4n) is 2.35. The molecule has 0 aliphatic rings. The van der Waals surface area contributed by atoms with E-state index in [0.717, 1.165) is 17.1 Å². The molecule has 0 radical (unpaired) electrons. The van der Waals surface area contributed by atoms with Crippen LogP contribution in [-0.4, -0.2) is 25.2 Å². The highest BCUT2D eigenvalue weighted by Crippen LogP contribution is 2.16. The normalized spacial score (nSPS) is 10.7. The summed E-state index contributed by atoms with van der Waals surface area (Å²) in [6.07, 6.45) is 6.50. The number of carbonyl (C=O) groups is 1. The molecule has 6 nitrogen and oxygen atoms in total. The van der Waals surface area contributed by atoms with Crippen LogP contribution in [0.15, 0.2) is 48.9 Å². The minimum absolute atomic E-state index is 0.0607. The number of para-hydroxylation sites is 1. The smallest absolute Gasteiger partial charge is 0.226 e. The van der Waals surface area contributed by atoms with Gasteiger partial charge >= 0.3 is 0 Å². The molecule has 0 saturated carbocycles. The second-order valence-corrected chi connectivity index (χ2v) is 5.44. The molecule has 0 unspecified atom stereocenters. The first-order valence-electron chi connectivity index (χ1n) is 7.51. The fraction of sp³-hybridized carbons (Fsp3) is 0.235. The van der Waals surface area contributed by atoms with Crippen molar-refractivity contribution in [3.63, 3.8) is 0 Å². The van der Waals surface area contributed by atoms with Gasteiger partial charge in [-0.05, 0) is 19.1 Å². The van der Waals surface area contributed by atoms with E-state index < -0.39 is 0 Å². The lowest BCUT2D eigenvalue weighted by Gasteiger charge is -2.04. The summed E-state index contributed by atoms with van der Waals surface area (Å²) in [6, 6.07) is 9.81. The Morgan fingerprint density at radius 3 is 2.74 bits per heavy atom. The molecular weight excluding hydrogens is 290 g/mol. The van der Waals surface area contributed by atoms with Crippen LogP contribution in [0.25, 0.3) is 5.69 Å². The SMILES string of the molecule is Cc1cn(-c2ccccc2)nc1NC(=O)CCc1nccn1C. The molecule has 3 rings (SSSR count). The topological polar surface area (TPSA) is 64.7 Å². The zero-order valence-electron chi connectivity index (χ0n) is 13.2. The highest BCUT2D eigenvalue weighted by Gasteiger charge is 2.11. The van der Waals surface area contributed by atoms with Gasteiger partial charge in [-0.3, -0.25) is 4.79 Å². The molecule has 23 heavy (non-hydrogen) atoms. The molecule has 0 spiro atoms. The van der Waals surface area contributed by atoms with Crippen molar-refractivity contribution in [2.45, 2.75) is 19.8 Å². The number of amides is 1. The molecule has 0 atom stereocenters. The van der Waals surface area contributed by atoms with Gasteiger partial charge in [-0.1, -0.05) is 18.2 Å². The van der Waals surface area contributed by atoms with Gasteiger partial charge in [-0.15, -0.1) is 5.10 Å². The van der Waals surface area contributed by atoms with Crippen molar-refractivity contribution in [3.05, 3.63) is 60.3 Å². The average molecular weight is 309 g/mol. The van der Waals surface area contributed by atoms with Crippen LogP contribution in [0.4, 0.5) is 5.82 Å². The van der Waals surface area contributed by atoms with Crippen molar-refractivity contribution in [1.29, 1.82) is 0 Å². The first-order chi connectivity index (χ1) is 11.1. The van der Waals surface area contributed by atoms with Gasteiger partial charge in [0.1, 0.15) is 5.82 Å². The number of hydrogen-bond donors (Lipinski definition) is 1. The number of imidazole rings is 1. The molecule has 2 aromatic heterocycles. The van der Waals surface area contributed by atoms with Crippen LogP contribution in [0, 0.1) is 6.92 Å². The Labute approximate surface area is 134 Å². The molecule has 3 aromatic rings. The maximum absolute atomic E-state index is 12.1. The standard InChI is InChI=1S/C17H19N5O/c1-13-12-22(14-6-4-3-5-7-14)20-17(13)19-16(23)9-8-15-18-10-11-21(15)2/h3-7,10-12H,8-9H2,1-2H3,(H,19,20,23). The van der Waals surface area contributed by atoms with Crippen LogP contribution in [0.5, 0.6) is 0 Å². The van der Waals surface area contributed by atoms with E-state index in [0.29, 0.717) is 18.7 Å². The van der Waals surface area contributed by atoms with Crippen molar-refractivity contribution < 1.29 is 4.79 Å². The average Bonchev–Trinajstić information content (AvgIpc) is 3.12. The van der Waals surface area contributed by atoms with Crippen molar-refractivity contribution in [2.24, 2.45) is 7.05 Å². The summed E-state index contributed by atoms with van der Waals surface area (Å²) >= 11 is 0. The zero-order chi connectivity index (χ0) is 16.2. The van der Waals surface area contributed by atoms with Gasteiger partial charge in [-0.2, -0.15) is 0 Å². The number of rotatable bonds is 5. The molecule has 0 fully saturated rings. The Bertz CT molecular complexity index is 804. The van der Waals surface area contributed by atoms with Gasteiger partial charge in [0.05, 0.1) is 5.69 Å². The molecular formula is C17H19N5O. The van der Waals surface area contributed by atoms with Crippen LogP contribution >= 0.6 is 0 Å². The number of benzene rings is 1. The molecule has 1 amide bonds. The van der Waals surface area contributed by atoms with Crippen molar-refractivity contribution in [3.8, 4) is 5.69 Å². The maximum Gasteiger partial charge on any atom is 0.226 e. The molecule has 2 heterocycles. The van der Waals surface area contributed by atoms with Crippen LogP contribution in [-0.2, 0) is 18.3 Å². The molecule has 6 heteroatoms. The first kappa shape index (κ1) is 15.0. The Morgan fingerprint density at radius 1 is 1.26 bits per heavy atom. The van der Waals surface area contributed by atoms with Crippen molar-refractivity contribution in [2.75, 3.05) is 5.32 Å². The van der Waals surface area contributed by atoms with E-state index in [4.69, 9.17) is 0 Å². The second kappa shape index (κ2) is 6.48. The lowest BCUT2D eigenvalue weighted by Crippen LogP contribution is -2.14. The number of hydrogen-bond acceptors (Lipinski definition) is 3. The van der Waals surface area contributed by atoms with Crippen molar-refractivity contribution >= 4 is 11.7 Å². The third kappa shape index (κ3) is 3.48. The largest absolute Gasteiger partial charge is 0.338 e. The lowest BCUT2D eigenvalue weighted by atomic mass is 10.2. The third-order valence-electron chi connectivity index (χ3n) is 3.67. The van der Waals surface area contributed by atoms with E-state index in [2.05, 4.69) is 15.4 Å². The number of carbonyl (C=O) groups excluding carboxylic acids is 1. The molecule has 0 aliphatic carbocycles. The summed E-state index contributed by atoms with van der Waals surface area (Å²) in [7, 11) is 1.92. The Balaban J connectivity index is 1.65. The van der Waals surface area contributed by atoms with Gasteiger partial charge in [0, 0.05) is 44.0 Å². The zero-order valence-corrected chi connectivity index (χ0v) is 13.2. The van der Waals surface area contributed by atoms with Gasteiger partial charge in [0.15, 0.2) is 5.82 Å². The number of nitrogens with zero attached hydrogens (tertiary/aromatic N) is 4. The van der Waals surface area contributed by atoms with E-state index in [1.807, 2.05) is 61.3 Å². The lowest BCUT2D eigenvalue weighted by molar-refractivity contribution is -0.116. The summed E-state index contributed by atoms with van der Waals surface area (Å²) in [5.74, 6) is 1.43. The van der Waals surface area contributed by atoms with Crippen LogP contribution in [0.2, 0.25) is 0 Å². The van der Waals surface area contributed by atoms with Gasteiger partial charge < -0.3 is 9.88 Å². The molecule has 0 bridgehead atoms.